The van der Waals surface area contributed by atoms with Gasteiger partial charge in [-0.3, -0.25) is 0 Å². The third-order valence-electron chi connectivity index (χ3n) is 4.71. The van der Waals surface area contributed by atoms with Crippen LogP contribution in [0.5, 0.6) is 0 Å². The number of hydrogen-bond donors (Lipinski definition) is 1. The van der Waals surface area contributed by atoms with Gasteiger partial charge in [-0.05, 0) is 24.6 Å². The predicted octanol–water partition coefficient (Wildman–Crippen LogP) is 2.32. The second-order valence-electron chi connectivity index (χ2n) is 6.47. The number of aryl methyl sites for hydroxylation is 1. The Bertz CT molecular complexity index is 717. The van der Waals surface area contributed by atoms with E-state index >= 15 is 0 Å². The fraction of sp³-hybridized carbons (Fsp3) is 0.471. The van der Waals surface area contributed by atoms with Crippen molar-refractivity contribution in [2.75, 3.05) is 32.0 Å². The maximum atomic E-state index is 12.4. The number of benzene rings is 1. The quantitative estimate of drug-likeness (QED) is 0.857. The maximum Gasteiger partial charge on any atom is 0.410 e. The summed E-state index contributed by atoms with van der Waals surface area (Å²) < 4.78 is 5.48. The second kappa shape index (κ2) is 6.04. The van der Waals surface area contributed by atoms with Crippen LogP contribution >= 0.6 is 0 Å². The zero-order valence-corrected chi connectivity index (χ0v) is 13.8. The van der Waals surface area contributed by atoms with Crippen LogP contribution in [0.25, 0.3) is 0 Å². The third-order valence-corrected chi connectivity index (χ3v) is 4.71. The third kappa shape index (κ3) is 3.00. The molecule has 0 bridgehead atoms. The van der Waals surface area contributed by atoms with Crippen molar-refractivity contribution in [2.24, 2.45) is 0 Å². The van der Waals surface area contributed by atoms with Crippen LogP contribution in [-0.4, -0.2) is 54.2 Å². The molecule has 2 saturated heterocycles. The highest BCUT2D eigenvalue weighted by molar-refractivity contribution is 5.89. The first kappa shape index (κ1) is 16.1. The van der Waals surface area contributed by atoms with Gasteiger partial charge in [-0.1, -0.05) is 6.07 Å². The molecule has 3 amide bonds. The van der Waals surface area contributed by atoms with Gasteiger partial charge in [-0.25, -0.2) is 9.59 Å². The van der Waals surface area contributed by atoms with Crippen molar-refractivity contribution in [3.8, 4) is 6.07 Å². The lowest BCUT2D eigenvalue weighted by molar-refractivity contribution is 0.0109. The molecule has 1 aromatic rings. The van der Waals surface area contributed by atoms with Crippen molar-refractivity contribution in [3.05, 3.63) is 29.3 Å². The number of ether oxygens (including phenoxy) is 1. The molecule has 0 saturated carbocycles. The molecule has 0 atom stereocenters. The number of amides is 3. The Kier molecular flexibility index (Phi) is 4.06. The number of nitrogens with zero attached hydrogens (tertiary/aromatic N) is 3. The number of carbonyl (C=O) groups is 2. The minimum absolute atomic E-state index is 0.199. The summed E-state index contributed by atoms with van der Waals surface area (Å²) in [6.07, 6.45) is 0.971. The summed E-state index contributed by atoms with van der Waals surface area (Å²) in [5.41, 5.74) is 1.57. The first-order valence-corrected chi connectivity index (χ1v) is 7.93. The molecule has 1 aromatic carbocycles. The maximum absolute atomic E-state index is 12.4. The molecule has 1 N–H and O–H groups in total. The van der Waals surface area contributed by atoms with Gasteiger partial charge >= 0.3 is 12.1 Å². The second-order valence-corrected chi connectivity index (χ2v) is 6.47. The highest BCUT2D eigenvalue weighted by Crippen LogP contribution is 2.32. The molecule has 7 nitrogen and oxygen atoms in total. The fourth-order valence-corrected chi connectivity index (χ4v) is 3.19. The number of nitrogens with one attached hydrogen (secondary N) is 1. The van der Waals surface area contributed by atoms with E-state index in [4.69, 9.17) is 10.00 Å². The summed E-state index contributed by atoms with van der Waals surface area (Å²) in [5, 5.41) is 11.9. The van der Waals surface area contributed by atoms with E-state index in [1.807, 2.05) is 13.0 Å². The van der Waals surface area contributed by atoms with Crippen LogP contribution in [0.1, 0.15) is 24.0 Å². The zero-order chi connectivity index (χ0) is 17.3. The minimum atomic E-state index is -0.458. The number of carbonyl (C=O) groups excluding carboxylic acids is 2. The average Bonchev–Trinajstić information content (AvgIpc) is 2.83. The number of rotatable bonds is 1. The van der Waals surface area contributed by atoms with E-state index in [9.17, 15) is 9.59 Å². The van der Waals surface area contributed by atoms with Crippen LogP contribution in [0.15, 0.2) is 18.2 Å². The Morgan fingerprint density at radius 1 is 1.38 bits per heavy atom. The largest absolute Gasteiger partial charge is 0.441 e. The molecular formula is C17H20N4O3. The molecule has 2 fully saturated rings. The normalized spacial score (nSPS) is 19.1. The Morgan fingerprint density at radius 3 is 2.67 bits per heavy atom. The van der Waals surface area contributed by atoms with Crippen molar-refractivity contribution in [1.29, 1.82) is 5.26 Å². The van der Waals surface area contributed by atoms with Crippen molar-refractivity contribution < 1.29 is 14.3 Å². The van der Waals surface area contributed by atoms with Crippen LogP contribution in [0, 0.1) is 18.3 Å². The topological polar surface area (TPSA) is 85.7 Å². The van der Waals surface area contributed by atoms with E-state index in [1.54, 1.807) is 29.0 Å². The molecule has 0 aromatic heterocycles. The molecule has 24 heavy (non-hydrogen) atoms. The van der Waals surface area contributed by atoms with E-state index in [0.717, 1.165) is 5.56 Å². The van der Waals surface area contributed by atoms with Gasteiger partial charge in [-0.2, -0.15) is 5.26 Å². The lowest BCUT2D eigenvalue weighted by atomic mass is 9.91. The van der Waals surface area contributed by atoms with Gasteiger partial charge in [0, 0.05) is 38.7 Å². The number of likely N-dealkylation sites (tertiary alicyclic amines) is 1. The molecule has 0 aliphatic carbocycles. The number of likely N-dealkylation sites (N-methyl/N-ethyl adjacent to an activating group) is 1. The fourth-order valence-electron chi connectivity index (χ4n) is 3.19. The van der Waals surface area contributed by atoms with Crippen LogP contribution in [0.4, 0.5) is 15.3 Å². The molecule has 2 heterocycles. The van der Waals surface area contributed by atoms with E-state index in [0.29, 0.717) is 43.7 Å². The Hall–Kier alpha value is -2.75. The summed E-state index contributed by atoms with van der Waals surface area (Å²) >= 11 is 0. The smallest absolute Gasteiger partial charge is 0.410 e. The minimum Gasteiger partial charge on any atom is -0.441 e. The highest BCUT2D eigenvalue weighted by atomic mass is 16.6. The van der Waals surface area contributed by atoms with E-state index in [-0.39, 0.29) is 12.1 Å². The monoisotopic (exact) mass is 328 g/mol. The molecule has 1 spiro atoms. The van der Waals surface area contributed by atoms with Crippen molar-refractivity contribution in [3.63, 3.8) is 0 Å². The number of hydrogen-bond acceptors (Lipinski definition) is 4. The lowest BCUT2D eigenvalue weighted by Gasteiger charge is -2.37. The van der Waals surface area contributed by atoms with E-state index < -0.39 is 5.60 Å². The first-order chi connectivity index (χ1) is 11.4. The summed E-state index contributed by atoms with van der Waals surface area (Å²) in [6, 6.07) is 7.18. The lowest BCUT2D eigenvalue weighted by Crippen LogP contribution is -2.49. The molecule has 0 radical (unpaired) electrons. The summed E-state index contributed by atoms with van der Waals surface area (Å²) in [5.74, 6) is 0. The van der Waals surface area contributed by atoms with Gasteiger partial charge in [0.2, 0.25) is 0 Å². The van der Waals surface area contributed by atoms with Gasteiger partial charge in [-0.15, -0.1) is 0 Å². The predicted molar refractivity (Wildman–Crippen MR) is 87.6 cm³/mol. The van der Waals surface area contributed by atoms with Crippen molar-refractivity contribution in [2.45, 2.75) is 25.4 Å². The molecule has 7 heteroatoms. The van der Waals surface area contributed by atoms with Crippen molar-refractivity contribution >= 4 is 17.8 Å². The average molecular weight is 328 g/mol. The van der Waals surface area contributed by atoms with Gasteiger partial charge in [0.1, 0.15) is 5.60 Å². The molecule has 2 aliphatic rings. The standard InChI is InChI=1S/C17H20N4O3/c1-12-3-4-14(9-13(12)10-18)19-15(22)21-7-5-17(6-8-21)11-20(2)16(23)24-17/h3-4,9H,5-8,11H2,1-2H3,(H,19,22). The van der Waals surface area contributed by atoms with Gasteiger partial charge < -0.3 is 19.9 Å². The van der Waals surface area contributed by atoms with E-state index in [1.165, 1.54) is 0 Å². The number of anilines is 1. The number of urea groups is 1. The SMILES string of the molecule is Cc1ccc(NC(=O)N2CCC3(CC2)CN(C)C(=O)O3)cc1C#N. The summed E-state index contributed by atoms with van der Waals surface area (Å²) in [6.45, 7) is 3.49. The van der Waals surface area contributed by atoms with Crippen LogP contribution in [0.2, 0.25) is 0 Å². The van der Waals surface area contributed by atoms with Crippen molar-refractivity contribution in [1.82, 2.24) is 9.80 Å². The molecule has 3 rings (SSSR count). The summed E-state index contributed by atoms with van der Waals surface area (Å²) in [4.78, 5) is 27.3. The Balaban J connectivity index is 1.60. The molecule has 126 valence electrons. The Labute approximate surface area is 140 Å². The Morgan fingerprint density at radius 2 is 2.08 bits per heavy atom. The highest BCUT2D eigenvalue weighted by Gasteiger charge is 2.46. The van der Waals surface area contributed by atoms with E-state index in [2.05, 4.69) is 11.4 Å². The van der Waals surface area contributed by atoms with Gasteiger partial charge in [0.15, 0.2) is 0 Å². The molecule has 0 unspecified atom stereocenters. The van der Waals surface area contributed by atoms with Crippen LogP contribution < -0.4 is 5.32 Å². The number of piperidine rings is 1. The first-order valence-electron chi connectivity index (χ1n) is 7.93. The van der Waals surface area contributed by atoms with Gasteiger partial charge in [0.25, 0.3) is 0 Å². The molecule has 2 aliphatic heterocycles. The van der Waals surface area contributed by atoms with Crippen LogP contribution in [0.3, 0.4) is 0 Å². The van der Waals surface area contributed by atoms with Gasteiger partial charge in [0.05, 0.1) is 18.2 Å². The van der Waals surface area contributed by atoms with Crippen LogP contribution in [-0.2, 0) is 4.74 Å². The zero-order valence-electron chi connectivity index (χ0n) is 13.8. The molecular weight excluding hydrogens is 308 g/mol. The summed E-state index contributed by atoms with van der Waals surface area (Å²) in [7, 11) is 1.72. The number of nitriles is 1.